The number of hydrogen-bond donors (Lipinski definition) is 2. The molecule has 1 aliphatic heterocycles. The number of carbonyl (C=O) groups excluding carboxylic acids is 1. The van der Waals surface area contributed by atoms with E-state index < -0.39 is 0 Å². The fraction of sp³-hybridized carbons (Fsp3) is 0.750. The number of anilines is 1. The molecule has 1 saturated heterocycles. The maximum absolute atomic E-state index is 12.8. The van der Waals surface area contributed by atoms with Crippen LogP contribution in [0, 0.1) is 11.8 Å². The molecule has 7 heteroatoms. The van der Waals surface area contributed by atoms with Crippen molar-refractivity contribution in [2.75, 3.05) is 38.1 Å². The quantitative estimate of drug-likeness (QED) is 0.822. The van der Waals surface area contributed by atoms with E-state index >= 15 is 0 Å². The van der Waals surface area contributed by atoms with Crippen LogP contribution in [-0.4, -0.2) is 54.0 Å². The number of piperazine rings is 1. The van der Waals surface area contributed by atoms with Gasteiger partial charge in [-0.15, -0.1) is 0 Å². The fourth-order valence-electron chi connectivity index (χ4n) is 4.01. The highest BCUT2D eigenvalue weighted by Crippen LogP contribution is 2.26. The molecule has 1 saturated carbocycles. The summed E-state index contributed by atoms with van der Waals surface area (Å²) in [5, 5.41) is 3.19. The fourth-order valence-corrected chi connectivity index (χ4v) is 4.01. The van der Waals surface area contributed by atoms with E-state index in [0.717, 1.165) is 51.9 Å². The number of amides is 1. The molecule has 1 atom stereocenters. The lowest BCUT2D eigenvalue weighted by Gasteiger charge is -2.33. The van der Waals surface area contributed by atoms with Gasteiger partial charge in [-0.3, -0.25) is 14.6 Å². The van der Waals surface area contributed by atoms with Gasteiger partial charge in [0, 0.05) is 38.2 Å². The third-order valence-corrected chi connectivity index (χ3v) is 5.81. The van der Waals surface area contributed by atoms with Crippen molar-refractivity contribution in [2.45, 2.75) is 52.0 Å². The van der Waals surface area contributed by atoms with E-state index in [2.05, 4.69) is 41.0 Å². The first-order valence-corrected chi connectivity index (χ1v) is 10.3. The van der Waals surface area contributed by atoms with Crippen molar-refractivity contribution in [2.24, 2.45) is 11.8 Å². The molecule has 0 bridgehead atoms. The Bertz CT molecular complexity index is 688. The maximum Gasteiger partial charge on any atom is 0.252 e. The molecule has 2 heterocycles. The van der Waals surface area contributed by atoms with E-state index in [9.17, 15) is 9.59 Å². The highest BCUT2D eigenvalue weighted by Gasteiger charge is 2.27. The molecule has 0 aromatic carbocycles. The largest absolute Gasteiger partial charge is 0.347 e. The van der Waals surface area contributed by atoms with Gasteiger partial charge in [-0.05, 0) is 25.8 Å². The van der Waals surface area contributed by atoms with E-state index in [1.165, 1.54) is 12.5 Å². The molecule has 1 aromatic rings. The number of hydrogen-bond acceptors (Lipinski definition) is 5. The van der Waals surface area contributed by atoms with Crippen LogP contribution in [0.1, 0.15) is 57.7 Å². The number of H-pyrrole nitrogens is 1. The lowest BCUT2D eigenvalue weighted by Crippen LogP contribution is -2.46. The van der Waals surface area contributed by atoms with Crippen molar-refractivity contribution in [3.8, 4) is 0 Å². The van der Waals surface area contributed by atoms with Crippen LogP contribution in [0.25, 0.3) is 0 Å². The molecule has 2 N–H and O–H groups in total. The Kier molecular flexibility index (Phi) is 6.52. The first-order chi connectivity index (χ1) is 12.9. The summed E-state index contributed by atoms with van der Waals surface area (Å²) in [5.74, 6) is 0.978. The monoisotopic (exact) mass is 375 g/mol. The zero-order chi connectivity index (χ0) is 19.4. The minimum atomic E-state index is -0.243. The summed E-state index contributed by atoms with van der Waals surface area (Å²) >= 11 is 0. The molecule has 150 valence electrons. The van der Waals surface area contributed by atoms with E-state index in [1.807, 2.05) is 0 Å². The number of nitrogens with zero attached hydrogens (tertiary/aromatic N) is 3. The predicted molar refractivity (Wildman–Crippen MR) is 107 cm³/mol. The molecule has 1 amide bonds. The SMILES string of the molecule is CC(C)[C@H](NC(=O)C1CCCCC1)c1cc(=O)[nH]c(N2CCN(C)CC2)n1. The minimum Gasteiger partial charge on any atom is -0.347 e. The summed E-state index contributed by atoms with van der Waals surface area (Å²) in [7, 11) is 2.10. The van der Waals surface area contributed by atoms with Gasteiger partial charge in [0.1, 0.15) is 0 Å². The highest BCUT2D eigenvalue weighted by molar-refractivity contribution is 5.79. The first kappa shape index (κ1) is 19.9. The van der Waals surface area contributed by atoms with E-state index in [4.69, 9.17) is 4.98 Å². The topological polar surface area (TPSA) is 81.3 Å². The summed E-state index contributed by atoms with van der Waals surface area (Å²) in [5.41, 5.74) is 0.498. The van der Waals surface area contributed by atoms with E-state index in [1.54, 1.807) is 0 Å². The van der Waals surface area contributed by atoms with Crippen molar-refractivity contribution in [3.63, 3.8) is 0 Å². The molecule has 2 fully saturated rings. The van der Waals surface area contributed by atoms with Crippen LogP contribution in [0.15, 0.2) is 10.9 Å². The smallest absolute Gasteiger partial charge is 0.252 e. The van der Waals surface area contributed by atoms with Crippen LogP contribution in [0.4, 0.5) is 5.95 Å². The number of likely N-dealkylation sites (N-methyl/N-ethyl adjacent to an activating group) is 1. The summed E-state index contributed by atoms with van der Waals surface area (Å²) < 4.78 is 0. The van der Waals surface area contributed by atoms with Gasteiger partial charge in [-0.2, -0.15) is 0 Å². The second-order valence-electron chi connectivity index (χ2n) is 8.35. The van der Waals surface area contributed by atoms with Gasteiger partial charge in [-0.25, -0.2) is 4.98 Å². The molecular formula is C20H33N5O2. The van der Waals surface area contributed by atoms with E-state index in [-0.39, 0.29) is 29.3 Å². The number of carbonyl (C=O) groups is 1. The van der Waals surface area contributed by atoms with Crippen LogP contribution < -0.4 is 15.8 Å². The third kappa shape index (κ3) is 5.09. The van der Waals surface area contributed by atoms with Crippen molar-refractivity contribution < 1.29 is 4.79 Å². The molecule has 2 aliphatic rings. The number of rotatable bonds is 5. The molecule has 27 heavy (non-hydrogen) atoms. The second kappa shape index (κ2) is 8.87. The third-order valence-electron chi connectivity index (χ3n) is 5.81. The Morgan fingerprint density at radius 3 is 2.48 bits per heavy atom. The average molecular weight is 376 g/mol. The van der Waals surface area contributed by atoms with Crippen LogP contribution in [-0.2, 0) is 4.79 Å². The predicted octanol–water partition coefficient (Wildman–Crippen LogP) is 1.92. The lowest BCUT2D eigenvalue weighted by atomic mass is 9.88. The Balaban J connectivity index is 1.78. The van der Waals surface area contributed by atoms with Gasteiger partial charge in [0.25, 0.3) is 5.56 Å². The maximum atomic E-state index is 12.8. The van der Waals surface area contributed by atoms with Crippen LogP contribution in [0.5, 0.6) is 0 Å². The summed E-state index contributed by atoms with van der Waals surface area (Å²) in [6.07, 6.45) is 5.40. The van der Waals surface area contributed by atoms with Crippen LogP contribution >= 0.6 is 0 Å². The summed E-state index contributed by atoms with van der Waals surface area (Å²) in [6, 6.07) is 1.29. The van der Waals surface area contributed by atoms with Crippen molar-refractivity contribution in [1.82, 2.24) is 20.2 Å². The first-order valence-electron chi connectivity index (χ1n) is 10.3. The van der Waals surface area contributed by atoms with Crippen LogP contribution in [0.3, 0.4) is 0 Å². The summed E-state index contributed by atoms with van der Waals surface area (Å²) in [6.45, 7) is 7.68. The molecule has 0 radical (unpaired) electrons. The van der Waals surface area contributed by atoms with Gasteiger partial charge in [0.15, 0.2) is 0 Å². The highest BCUT2D eigenvalue weighted by atomic mass is 16.2. The van der Waals surface area contributed by atoms with E-state index in [0.29, 0.717) is 11.6 Å². The Morgan fingerprint density at radius 2 is 1.85 bits per heavy atom. The molecular weight excluding hydrogens is 342 g/mol. The number of nitrogens with one attached hydrogen (secondary N) is 2. The lowest BCUT2D eigenvalue weighted by molar-refractivity contribution is -0.127. The van der Waals surface area contributed by atoms with Crippen molar-refractivity contribution in [1.29, 1.82) is 0 Å². The molecule has 3 rings (SSSR count). The zero-order valence-electron chi connectivity index (χ0n) is 16.8. The minimum absolute atomic E-state index is 0.0964. The zero-order valence-corrected chi connectivity index (χ0v) is 16.8. The van der Waals surface area contributed by atoms with Gasteiger partial charge < -0.3 is 15.1 Å². The average Bonchev–Trinajstić information content (AvgIpc) is 2.66. The van der Waals surface area contributed by atoms with Crippen molar-refractivity contribution in [3.05, 3.63) is 22.1 Å². The standard InChI is InChI=1S/C20H33N5O2/c1-14(2)18(23-19(27)15-7-5-4-6-8-15)16-13-17(26)22-20(21-16)25-11-9-24(3)10-12-25/h13-15,18H,4-12H2,1-3H3,(H,23,27)(H,21,22,26)/t18-/m0/s1. The molecule has 1 aromatic heterocycles. The summed E-state index contributed by atoms with van der Waals surface area (Å²) in [4.78, 5) is 37.0. The molecule has 0 unspecified atom stereocenters. The van der Waals surface area contributed by atoms with Gasteiger partial charge in [0.05, 0.1) is 11.7 Å². The Labute approximate surface area is 161 Å². The van der Waals surface area contributed by atoms with Gasteiger partial charge in [-0.1, -0.05) is 33.1 Å². The van der Waals surface area contributed by atoms with Gasteiger partial charge >= 0.3 is 0 Å². The number of aromatic amines is 1. The van der Waals surface area contributed by atoms with Gasteiger partial charge in [0.2, 0.25) is 11.9 Å². The van der Waals surface area contributed by atoms with Crippen molar-refractivity contribution >= 4 is 11.9 Å². The van der Waals surface area contributed by atoms with Crippen LogP contribution in [0.2, 0.25) is 0 Å². The molecule has 0 spiro atoms. The normalized spacial score (nSPS) is 20.7. The molecule has 1 aliphatic carbocycles. The second-order valence-corrected chi connectivity index (χ2v) is 8.35. The number of aromatic nitrogens is 2. The Hall–Kier alpha value is -1.89. The Morgan fingerprint density at radius 1 is 1.19 bits per heavy atom. The molecule has 7 nitrogen and oxygen atoms in total.